The largest absolute Gasteiger partial charge is 0.396 e. The fraction of sp³-hybridized carbons (Fsp3) is 0.632. The van der Waals surface area contributed by atoms with Crippen LogP contribution in [0.1, 0.15) is 35.2 Å². The average molecular weight is 332 g/mol. The van der Waals surface area contributed by atoms with Crippen LogP contribution in [0.2, 0.25) is 0 Å². The first-order valence-electron chi connectivity index (χ1n) is 8.92. The van der Waals surface area contributed by atoms with Crippen molar-refractivity contribution >= 4 is 5.91 Å². The van der Waals surface area contributed by atoms with Gasteiger partial charge in [-0.3, -0.25) is 9.69 Å². The minimum atomic E-state index is -0.304. The van der Waals surface area contributed by atoms with Gasteiger partial charge in [0.2, 0.25) is 0 Å². The lowest BCUT2D eigenvalue weighted by molar-refractivity contribution is -0.0200. The highest BCUT2D eigenvalue weighted by molar-refractivity contribution is 5.96. The molecule has 1 amide bonds. The van der Waals surface area contributed by atoms with E-state index >= 15 is 0 Å². The molecule has 1 atom stereocenters. The first-order chi connectivity index (χ1) is 11.5. The number of carbonyl (C=O) groups excluding carboxylic acids is 1. The van der Waals surface area contributed by atoms with E-state index in [-0.39, 0.29) is 23.9 Å². The number of hydrogen-bond acceptors (Lipinski definition) is 3. The van der Waals surface area contributed by atoms with Crippen molar-refractivity contribution in [2.24, 2.45) is 11.8 Å². The summed E-state index contributed by atoms with van der Waals surface area (Å²) in [6.45, 7) is 5.52. The van der Waals surface area contributed by atoms with Crippen LogP contribution < -0.4 is 0 Å². The van der Waals surface area contributed by atoms with Crippen molar-refractivity contribution in [2.45, 2.75) is 31.7 Å². The van der Waals surface area contributed by atoms with Crippen molar-refractivity contribution in [1.82, 2.24) is 9.80 Å². The number of nitrogens with zero attached hydrogens (tertiary/aromatic N) is 2. The van der Waals surface area contributed by atoms with Gasteiger partial charge in [-0.05, 0) is 61.8 Å². The van der Waals surface area contributed by atoms with Crippen molar-refractivity contribution in [3.63, 3.8) is 0 Å². The molecule has 0 aromatic heterocycles. The molecule has 130 valence electrons. The van der Waals surface area contributed by atoms with Crippen LogP contribution in [0.15, 0.2) is 18.2 Å². The first kappa shape index (κ1) is 16.0. The Morgan fingerprint density at radius 2 is 2.08 bits per heavy atom. The minimum absolute atomic E-state index is 0.00283. The zero-order valence-electron chi connectivity index (χ0n) is 14.2. The van der Waals surface area contributed by atoms with E-state index in [1.54, 1.807) is 13.0 Å². The molecule has 2 aliphatic heterocycles. The van der Waals surface area contributed by atoms with Gasteiger partial charge in [-0.2, -0.15) is 0 Å². The fourth-order valence-corrected chi connectivity index (χ4v) is 4.41. The van der Waals surface area contributed by atoms with Gasteiger partial charge in [0, 0.05) is 38.3 Å². The molecule has 1 aromatic rings. The Kier molecular flexibility index (Phi) is 3.88. The third kappa shape index (κ3) is 2.74. The first-order valence-corrected chi connectivity index (χ1v) is 8.92. The number of halogens is 1. The molecule has 3 fully saturated rings. The Hall–Kier alpha value is -1.46. The second kappa shape index (κ2) is 5.81. The van der Waals surface area contributed by atoms with Crippen molar-refractivity contribution in [1.29, 1.82) is 0 Å². The van der Waals surface area contributed by atoms with Crippen molar-refractivity contribution in [2.75, 3.05) is 32.8 Å². The highest BCUT2D eigenvalue weighted by Gasteiger charge is 2.55. The molecule has 2 saturated heterocycles. The molecule has 5 heteroatoms. The lowest BCUT2D eigenvalue weighted by atomic mass is 9.83. The number of rotatable bonds is 4. The van der Waals surface area contributed by atoms with Gasteiger partial charge in [-0.1, -0.05) is 0 Å². The van der Waals surface area contributed by atoms with Crippen molar-refractivity contribution in [3.05, 3.63) is 35.1 Å². The molecule has 1 aromatic carbocycles. The van der Waals surface area contributed by atoms with Crippen LogP contribution in [-0.2, 0) is 0 Å². The van der Waals surface area contributed by atoms with Crippen molar-refractivity contribution < 1.29 is 14.3 Å². The molecule has 1 aliphatic carbocycles. The van der Waals surface area contributed by atoms with E-state index in [2.05, 4.69) is 4.90 Å². The number of amides is 1. The maximum Gasteiger partial charge on any atom is 0.254 e. The topological polar surface area (TPSA) is 43.8 Å². The molecule has 4 rings (SSSR count). The summed E-state index contributed by atoms with van der Waals surface area (Å²) < 4.78 is 13.3. The van der Waals surface area contributed by atoms with Gasteiger partial charge in [0.25, 0.3) is 5.91 Å². The summed E-state index contributed by atoms with van der Waals surface area (Å²) in [6, 6.07) is 4.36. The fourth-order valence-electron chi connectivity index (χ4n) is 4.41. The second-order valence-electron chi connectivity index (χ2n) is 7.95. The third-order valence-electron chi connectivity index (χ3n) is 5.93. The van der Waals surface area contributed by atoms with Gasteiger partial charge >= 0.3 is 0 Å². The summed E-state index contributed by atoms with van der Waals surface area (Å²) in [5.74, 6) is 0.829. The Morgan fingerprint density at radius 1 is 1.33 bits per heavy atom. The molecular formula is C19H25FN2O2. The van der Waals surface area contributed by atoms with Crippen LogP contribution in [0.25, 0.3) is 0 Å². The van der Waals surface area contributed by atoms with Gasteiger partial charge in [0.1, 0.15) is 5.82 Å². The molecule has 0 radical (unpaired) electrons. The normalized spacial score (nSPS) is 26.0. The number of likely N-dealkylation sites (tertiary alicyclic amines) is 2. The smallest absolute Gasteiger partial charge is 0.254 e. The molecule has 1 unspecified atom stereocenters. The van der Waals surface area contributed by atoms with Crippen LogP contribution in [0, 0.1) is 24.6 Å². The molecule has 1 spiro atoms. The summed E-state index contributed by atoms with van der Waals surface area (Å²) in [4.78, 5) is 17.1. The Morgan fingerprint density at radius 3 is 2.71 bits per heavy atom. The molecule has 1 saturated carbocycles. The third-order valence-corrected chi connectivity index (χ3v) is 5.93. The van der Waals surface area contributed by atoms with Crippen molar-refractivity contribution in [3.8, 4) is 0 Å². The van der Waals surface area contributed by atoms with E-state index in [0.717, 1.165) is 38.5 Å². The predicted molar refractivity (Wildman–Crippen MR) is 89.3 cm³/mol. The lowest BCUT2D eigenvalue weighted by Crippen LogP contribution is -2.69. The molecule has 1 N–H and O–H groups in total. The van der Waals surface area contributed by atoms with E-state index in [4.69, 9.17) is 0 Å². The zero-order chi connectivity index (χ0) is 16.9. The van der Waals surface area contributed by atoms with Gasteiger partial charge in [-0.25, -0.2) is 4.39 Å². The summed E-state index contributed by atoms with van der Waals surface area (Å²) >= 11 is 0. The number of benzene rings is 1. The number of aliphatic hydroxyl groups is 1. The summed E-state index contributed by atoms with van der Waals surface area (Å²) in [5, 5.41) is 9.56. The second-order valence-corrected chi connectivity index (χ2v) is 7.95. The maximum atomic E-state index is 13.3. The zero-order valence-corrected chi connectivity index (χ0v) is 14.2. The Bertz CT molecular complexity index is 653. The number of aryl methyl sites for hydroxylation is 1. The monoisotopic (exact) mass is 332 g/mol. The number of aliphatic hydroxyl groups excluding tert-OH is 1. The molecule has 0 bridgehead atoms. The van der Waals surface area contributed by atoms with Crippen LogP contribution in [0.5, 0.6) is 0 Å². The van der Waals surface area contributed by atoms with E-state index in [1.807, 2.05) is 4.90 Å². The highest BCUT2D eigenvalue weighted by Crippen LogP contribution is 2.43. The number of carbonyl (C=O) groups is 1. The van der Waals surface area contributed by atoms with E-state index in [1.165, 1.54) is 25.0 Å². The summed E-state index contributed by atoms with van der Waals surface area (Å²) in [7, 11) is 0. The molecule has 3 aliphatic rings. The molecule has 4 nitrogen and oxygen atoms in total. The Labute approximate surface area is 142 Å². The molecular weight excluding hydrogens is 307 g/mol. The van der Waals surface area contributed by atoms with E-state index in [9.17, 15) is 14.3 Å². The van der Waals surface area contributed by atoms with Gasteiger partial charge in [-0.15, -0.1) is 0 Å². The van der Waals surface area contributed by atoms with Crippen LogP contribution in [-0.4, -0.2) is 59.1 Å². The number of hydrogen-bond donors (Lipinski definition) is 1. The SMILES string of the molecule is Cc1cc(F)ccc1C(=O)N1CC2(CC(CO)CN2CC2CC2)C1. The standard InChI is InChI=1S/C19H25FN2O2/c1-13-6-16(20)4-5-17(13)18(24)21-11-19(12-21)7-15(10-23)9-22(19)8-14-2-3-14/h4-6,14-15,23H,2-3,7-12H2,1H3. The summed E-state index contributed by atoms with van der Waals surface area (Å²) in [6.07, 6.45) is 3.60. The molecule has 24 heavy (non-hydrogen) atoms. The van der Waals surface area contributed by atoms with Gasteiger partial charge in [0.05, 0.1) is 5.54 Å². The predicted octanol–water partition coefficient (Wildman–Crippen LogP) is 2.05. The van der Waals surface area contributed by atoms with Gasteiger partial charge < -0.3 is 10.0 Å². The van der Waals surface area contributed by atoms with Gasteiger partial charge in [0.15, 0.2) is 0 Å². The average Bonchev–Trinajstić information content (AvgIpc) is 3.24. The minimum Gasteiger partial charge on any atom is -0.396 e. The lowest BCUT2D eigenvalue weighted by Gasteiger charge is -2.53. The van der Waals surface area contributed by atoms with E-state index in [0.29, 0.717) is 17.0 Å². The summed E-state index contributed by atoms with van der Waals surface area (Å²) in [5.41, 5.74) is 1.34. The van der Waals surface area contributed by atoms with Crippen LogP contribution in [0.4, 0.5) is 4.39 Å². The van der Waals surface area contributed by atoms with E-state index < -0.39 is 0 Å². The van der Waals surface area contributed by atoms with Crippen LogP contribution in [0.3, 0.4) is 0 Å². The highest BCUT2D eigenvalue weighted by atomic mass is 19.1. The molecule has 2 heterocycles. The Balaban J connectivity index is 1.46. The van der Waals surface area contributed by atoms with Crippen LogP contribution >= 0.6 is 0 Å². The quantitative estimate of drug-likeness (QED) is 0.918. The maximum absolute atomic E-state index is 13.3.